The van der Waals surface area contributed by atoms with Crippen molar-refractivity contribution in [3.05, 3.63) is 34.8 Å². The number of aliphatic carboxylic acids is 1. The molecule has 2 aromatic rings. The highest BCUT2D eigenvalue weighted by molar-refractivity contribution is 5.80. The molecule has 2 aromatic heterocycles. The number of piperidine rings is 1. The molecule has 1 fully saturated rings. The number of aromatic nitrogens is 3. The molecule has 13 nitrogen and oxygen atoms in total. The second-order valence-electron chi connectivity index (χ2n) is 9.98. The minimum atomic E-state index is -1.28. The Balaban J connectivity index is 1.35. The Morgan fingerprint density at radius 1 is 1.18 bits per heavy atom. The number of pyridine rings is 1. The Morgan fingerprint density at radius 2 is 1.95 bits per heavy atom. The number of hydrogen-bond acceptors (Lipinski definition) is 11. The van der Waals surface area contributed by atoms with E-state index in [1.165, 1.54) is 12.7 Å². The Kier molecular flexibility index (Phi) is 9.56. The molecule has 4 rings (SSSR count). The van der Waals surface area contributed by atoms with Gasteiger partial charge < -0.3 is 35.4 Å². The number of amides is 1. The average molecular weight is 556 g/mol. The molecule has 2 aliphatic heterocycles. The maximum atomic E-state index is 12.0. The van der Waals surface area contributed by atoms with Crippen LogP contribution >= 0.6 is 0 Å². The molecule has 0 aromatic carbocycles. The maximum Gasteiger partial charge on any atom is 0.407 e. The minimum absolute atomic E-state index is 0.125. The summed E-state index contributed by atoms with van der Waals surface area (Å²) in [6.45, 7) is 5.92. The van der Waals surface area contributed by atoms with E-state index in [4.69, 9.17) is 9.72 Å². The normalized spacial score (nSPS) is 15.8. The molecule has 216 valence electrons. The molecule has 2 aliphatic rings. The van der Waals surface area contributed by atoms with Crippen LogP contribution in [0.25, 0.3) is 0 Å². The van der Waals surface area contributed by atoms with E-state index in [-0.39, 0.29) is 19.6 Å². The fourth-order valence-corrected chi connectivity index (χ4v) is 4.96. The molecular formula is C27H37N7O6. The molecule has 0 aliphatic carbocycles. The Bertz CT molecular complexity index is 1230. The van der Waals surface area contributed by atoms with Gasteiger partial charge in [0.1, 0.15) is 35.9 Å². The summed E-state index contributed by atoms with van der Waals surface area (Å²) in [5.41, 5.74) is 3.21. The van der Waals surface area contributed by atoms with Crippen molar-refractivity contribution < 1.29 is 29.0 Å². The summed E-state index contributed by atoms with van der Waals surface area (Å²) in [5, 5.41) is 18.3. The molecule has 1 saturated heterocycles. The smallest absolute Gasteiger partial charge is 0.407 e. The second-order valence-corrected chi connectivity index (χ2v) is 9.98. The van der Waals surface area contributed by atoms with Gasteiger partial charge in [-0.3, -0.25) is 4.79 Å². The van der Waals surface area contributed by atoms with Gasteiger partial charge in [0.2, 0.25) is 0 Å². The number of rotatable bonds is 10. The van der Waals surface area contributed by atoms with Gasteiger partial charge in [-0.1, -0.05) is 6.07 Å². The number of esters is 1. The molecule has 40 heavy (non-hydrogen) atoms. The average Bonchev–Trinajstić information content (AvgIpc) is 2.96. The van der Waals surface area contributed by atoms with Crippen LogP contribution in [-0.4, -0.2) is 84.0 Å². The van der Waals surface area contributed by atoms with E-state index in [1.54, 1.807) is 6.92 Å². The van der Waals surface area contributed by atoms with Crippen molar-refractivity contribution in [3.63, 3.8) is 0 Å². The molecule has 1 unspecified atom stereocenters. The molecule has 1 amide bonds. The van der Waals surface area contributed by atoms with E-state index in [9.17, 15) is 19.5 Å². The van der Waals surface area contributed by atoms with Crippen LogP contribution in [0.5, 0.6) is 0 Å². The van der Waals surface area contributed by atoms with Crippen LogP contribution in [0.4, 0.5) is 22.2 Å². The minimum Gasteiger partial charge on any atom is -0.480 e. The van der Waals surface area contributed by atoms with E-state index in [0.29, 0.717) is 17.6 Å². The summed E-state index contributed by atoms with van der Waals surface area (Å²) in [6.07, 6.45) is 3.03. The number of carbonyl (C=O) groups excluding carboxylic acids is 2. The molecule has 1 atom stereocenters. The van der Waals surface area contributed by atoms with Gasteiger partial charge in [-0.05, 0) is 51.2 Å². The predicted octanol–water partition coefficient (Wildman–Crippen LogP) is 2.38. The Morgan fingerprint density at radius 3 is 2.67 bits per heavy atom. The van der Waals surface area contributed by atoms with Gasteiger partial charge >= 0.3 is 18.0 Å². The van der Waals surface area contributed by atoms with E-state index in [0.717, 1.165) is 68.2 Å². The number of nitrogens with one attached hydrogen (secondary N) is 3. The van der Waals surface area contributed by atoms with Crippen molar-refractivity contribution in [3.8, 4) is 0 Å². The zero-order valence-corrected chi connectivity index (χ0v) is 23.2. The summed E-state index contributed by atoms with van der Waals surface area (Å²) in [5.74, 6) is 1.47. The lowest BCUT2D eigenvalue weighted by atomic mass is 9.92. The fraction of sp³-hybridized carbons (Fsp3) is 0.556. The van der Waals surface area contributed by atoms with Gasteiger partial charge in [0.15, 0.2) is 0 Å². The fourth-order valence-electron chi connectivity index (χ4n) is 4.96. The van der Waals surface area contributed by atoms with E-state index < -0.39 is 24.1 Å². The van der Waals surface area contributed by atoms with Crippen LogP contribution < -0.4 is 20.9 Å². The number of carboxylic acid groups (broad SMARTS) is 1. The van der Waals surface area contributed by atoms with Crippen LogP contribution in [0.2, 0.25) is 0 Å². The van der Waals surface area contributed by atoms with Crippen molar-refractivity contribution >= 4 is 35.5 Å². The van der Waals surface area contributed by atoms with E-state index >= 15 is 0 Å². The van der Waals surface area contributed by atoms with E-state index in [1.807, 2.05) is 6.92 Å². The number of hydrogen-bond donors (Lipinski definition) is 4. The van der Waals surface area contributed by atoms with Gasteiger partial charge in [-0.25, -0.2) is 24.5 Å². The second kappa shape index (κ2) is 13.3. The maximum absolute atomic E-state index is 12.0. The van der Waals surface area contributed by atoms with Crippen LogP contribution in [0.3, 0.4) is 0 Å². The first kappa shape index (κ1) is 28.8. The van der Waals surface area contributed by atoms with Gasteiger partial charge in [0.05, 0.1) is 13.5 Å². The van der Waals surface area contributed by atoms with Crippen LogP contribution in [0.1, 0.15) is 54.2 Å². The first-order valence-electron chi connectivity index (χ1n) is 13.6. The first-order chi connectivity index (χ1) is 19.2. The van der Waals surface area contributed by atoms with Crippen molar-refractivity contribution in [2.45, 2.75) is 57.9 Å². The molecule has 4 N–H and O–H groups in total. The van der Waals surface area contributed by atoms with E-state index in [2.05, 4.69) is 47.7 Å². The lowest BCUT2D eigenvalue weighted by molar-refractivity contribution is -0.142. The molecule has 0 spiro atoms. The SMILES string of the molecule is COC(=O)CCOC(=O)NC(CNc1nc(C)nc(N2CCC(c3ccc4c(n3)NCCC4)CC2)c1C)C(=O)O. The number of anilines is 3. The third-order valence-corrected chi connectivity index (χ3v) is 7.19. The van der Waals surface area contributed by atoms with Crippen LogP contribution in [0.15, 0.2) is 12.1 Å². The summed E-state index contributed by atoms with van der Waals surface area (Å²) in [4.78, 5) is 51.2. The highest BCUT2D eigenvalue weighted by atomic mass is 16.6. The van der Waals surface area contributed by atoms with Gasteiger partial charge in [-0.15, -0.1) is 0 Å². The van der Waals surface area contributed by atoms with Crippen molar-refractivity contribution in [2.75, 3.05) is 55.4 Å². The summed E-state index contributed by atoms with van der Waals surface area (Å²) >= 11 is 0. The topological polar surface area (TPSA) is 168 Å². The highest BCUT2D eigenvalue weighted by Crippen LogP contribution is 2.33. The van der Waals surface area contributed by atoms with Crippen LogP contribution in [-0.2, 0) is 25.5 Å². The Labute approximate surface area is 233 Å². The van der Waals surface area contributed by atoms with Crippen molar-refractivity contribution in [2.24, 2.45) is 0 Å². The van der Waals surface area contributed by atoms with Crippen molar-refractivity contribution in [1.82, 2.24) is 20.3 Å². The highest BCUT2D eigenvalue weighted by Gasteiger charge is 2.26. The molecule has 0 bridgehead atoms. The lowest BCUT2D eigenvalue weighted by Gasteiger charge is -2.34. The third kappa shape index (κ3) is 7.27. The number of methoxy groups -OCH3 is 1. The number of carboxylic acids is 1. The third-order valence-electron chi connectivity index (χ3n) is 7.19. The quantitative estimate of drug-likeness (QED) is 0.316. The lowest BCUT2D eigenvalue weighted by Crippen LogP contribution is -2.45. The summed E-state index contributed by atoms with van der Waals surface area (Å²) < 4.78 is 9.36. The number of alkyl carbamates (subject to hydrolysis) is 1. The largest absolute Gasteiger partial charge is 0.480 e. The zero-order chi connectivity index (χ0) is 28.6. The molecule has 0 saturated carbocycles. The standard InChI is InChI=1S/C27H37N7O6/c1-16-23(29-15-21(26(36)37)33-27(38)40-14-10-22(35)39-3)30-17(2)31-25(16)34-12-8-18(9-13-34)20-7-6-19-5-4-11-28-24(19)32-20/h6-7,18,21H,4-5,8-15H2,1-3H3,(H,28,32)(H,33,38)(H,36,37)(H,29,30,31). The monoisotopic (exact) mass is 555 g/mol. The van der Waals surface area contributed by atoms with Crippen LogP contribution in [0, 0.1) is 13.8 Å². The first-order valence-corrected chi connectivity index (χ1v) is 13.6. The summed E-state index contributed by atoms with van der Waals surface area (Å²) in [7, 11) is 1.23. The molecule has 13 heteroatoms. The Hall–Kier alpha value is -4.16. The molecule has 4 heterocycles. The van der Waals surface area contributed by atoms with Crippen molar-refractivity contribution in [1.29, 1.82) is 0 Å². The number of ether oxygens (including phenoxy) is 2. The zero-order valence-electron chi connectivity index (χ0n) is 23.2. The molecular weight excluding hydrogens is 518 g/mol. The predicted molar refractivity (Wildman–Crippen MR) is 148 cm³/mol. The molecule has 0 radical (unpaired) electrons. The number of nitrogens with zero attached hydrogens (tertiary/aromatic N) is 4. The number of aryl methyl sites for hydroxylation is 2. The van der Waals surface area contributed by atoms with Gasteiger partial charge in [0, 0.05) is 43.4 Å². The number of carbonyl (C=O) groups is 3. The van der Waals surface area contributed by atoms with Gasteiger partial charge in [0.25, 0.3) is 0 Å². The van der Waals surface area contributed by atoms with Gasteiger partial charge in [-0.2, -0.15) is 0 Å². The summed E-state index contributed by atoms with van der Waals surface area (Å²) in [6, 6.07) is 3.09. The number of fused-ring (bicyclic) bond motifs is 1.